The minimum atomic E-state index is -4.74. The second-order valence-electron chi connectivity index (χ2n) is 9.06. The zero-order valence-electron chi connectivity index (χ0n) is 21.1. The Morgan fingerprint density at radius 3 is 2.38 bits per heavy atom. The van der Waals surface area contributed by atoms with Crippen LogP contribution in [0.5, 0.6) is 0 Å². The molecule has 6 nitrogen and oxygen atoms in total. The molecular weight excluding hydrogens is 521 g/mol. The number of benzene rings is 4. The third kappa shape index (κ3) is 5.01. The lowest BCUT2D eigenvalue weighted by molar-refractivity contribution is -0.138. The van der Waals surface area contributed by atoms with Crippen molar-refractivity contribution >= 4 is 29.1 Å². The Morgan fingerprint density at radius 2 is 1.65 bits per heavy atom. The first-order chi connectivity index (χ1) is 19.2. The molecule has 9 heteroatoms. The zero-order valence-corrected chi connectivity index (χ0v) is 21.1. The summed E-state index contributed by atoms with van der Waals surface area (Å²) in [6, 6.07) is 23.6. The number of carbonyl (C=O) groups excluding carboxylic acids is 3. The molecule has 0 aliphatic heterocycles. The molecule has 5 rings (SSSR count). The maximum absolute atomic E-state index is 13.8. The minimum absolute atomic E-state index is 0.0235. The standard InChI is InChI=1S/C31H21F3N2O4/c1-19-8-7-12-25(31(32,33)34)27(19)29(38)36-26-13-6-5-11-24(26)28(35-36)21-14-15-23(22(16-21)17-37)30(39)40-18-20-9-3-2-4-10-20/h2-17H,18H2,1H3. The summed E-state index contributed by atoms with van der Waals surface area (Å²) < 4.78 is 47.6. The number of halogens is 3. The molecule has 0 fully saturated rings. The van der Waals surface area contributed by atoms with Gasteiger partial charge in [0.1, 0.15) is 12.3 Å². The van der Waals surface area contributed by atoms with Crippen LogP contribution in [0.25, 0.3) is 22.2 Å². The van der Waals surface area contributed by atoms with E-state index in [0.29, 0.717) is 17.2 Å². The summed E-state index contributed by atoms with van der Waals surface area (Å²) in [5.74, 6) is -1.63. The average molecular weight is 543 g/mol. The van der Waals surface area contributed by atoms with Crippen molar-refractivity contribution < 1.29 is 32.3 Å². The van der Waals surface area contributed by atoms with Crippen LogP contribution in [0.1, 0.15) is 47.8 Å². The van der Waals surface area contributed by atoms with Gasteiger partial charge in [0.25, 0.3) is 5.91 Å². The van der Waals surface area contributed by atoms with Gasteiger partial charge in [-0.05, 0) is 42.3 Å². The van der Waals surface area contributed by atoms with Crippen molar-refractivity contribution in [3.8, 4) is 11.3 Å². The molecule has 4 aromatic carbocycles. The van der Waals surface area contributed by atoms with Gasteiger partial charge < -0.3 is 4.74 Å². The summed E-state index contributed by atoms with van der Waals surface area (Å²) in [4.78, 5) is 38.2. The largest absolute Gasteiger partial charge is 0.457 e. The van der Waals surface area contributed by atoms with Crippen molar-refractivity contribution in [2.24, 2.45) is 0 Å². The van der Waals surface area contributed by atoms with Crippen LogP contribution in [0.15, 0.2) is 91.0 Å². The van der Waals surface area contributed by atoms with Crippen LogP contribution in [-0.2, 0) is 17.5 Å². The molecule has 0 aliphatic carbocycles. The number of hydrogen-bond donors (Lipinski definition) is 0. The molecule has 5 aromatic rings. The number of aryl methyl sites for hydroxylation is 1. The monoisotopic (exact) mass is 542 g/mol. The Labute approximate surface area is 226 Å². The third-order valence-electron chi connectivity index (χ3n) is 6.46. The first-order valence-electron chi connectivity index (χ1n) is 12.2. The van der Waals surface area contributed by atoms with Gasteiger partial charge in [0.15, 0.2) is 6.29 Å². The molecule has 0 amide bonds. The number of ether oxygens (including phenoxy) is 1. The van der Waals surface area contributed by atoms with E-state index in [1.165, 1.54) is 31.2 Å². The van der Waals surface area contributed by atoms with Crippen LogP contribution in [-0.4, -0.2) is 27.9 Å². The van der Waals surface area contributed by atoms with E-state index in [9.17, 15) is 27.6 Å². The van der Waals surface area contributed by atoms with Crippen LogP contribution in [0, 0.1) is 6.92 Å². The van der Waals surface area contributed by atoms with Crippen LogP contribution >= 0.6 is 0 Å². The molecule has 0 bridgehead atoms. The summed E-state index contributed by atoms with van der Waals surface area (Å²) in [5.41, 5.74) is 0.413. The highest BCUT2D eigenvalue weighted by molar-refractivity contribution is 6.06. The van der Waals surface area contributed by atoms with E-state index < -0.39 is 29.2 Å². The quantitative estimate of drug-likeness (QED) is 0.173. The number of nitrogens with zero attached hydrogens (tertiary/aromatic N) is 2. The molecule has 0 radical (unpaired) electrons. The van der Waals surface area contributed by atoms with Crippen molar-refractivity contribution in [2.75, 3.05) is 0 Å². The van der Waals surface area contributed by atoms with E-state index in [2.05, 4.69) is 5.10 Å². The average Bonchev–Trinajstić information content (AvgIpc) is 3.35. The highest BCUT2D eigenvalue weighted by atomic mass is 19.4. The van der Waals surface area contributed by atoms with Crippen LogP contribution in [0.4, 0.5) is 13.2 Å². The molecule has 1 aromatic heterocycles. The van der Waals surface area contributed by atoms with Crippen LogP contribution < -0.4 is 0 Å². The minimum Gasteiger partial charge on any atom is -0.457 e. The highest BCUT2D eigenvalue weighted by Crippen LogP contribution is 2.35. The van der Waals surface area contributed by atoms with Gasteiger partial charge in [0.2, 0.25) is 0 Å². The van der Waals surface area contributed by atoms with E-state index in [0.717, 1.165) is 16.3 Å². The van der Waals surface area contributed by atoms with Crippen molar-refractivity contribution in [3.63, 3.8) is 0 Å². The highest BCUT2D eigenvalue weighted by Gasteiger charge is 2.37. The summed E-state index contributed by atoms with van der Waals surface area (Å²) in [7, 11) is 0. The lowest BCUT2D eigenvalue weighted by Crippen LogP contribution is -2.21. The van der Waals surface area contributed by atoms with Crippen molar-refractivity contribution in [1.82, 2.24) is 9.78 Å². The normalized spacial score (nSPS) is 11.4. The molecular formula is C31H21F3N2O4. The lowest BCUT2D eigenvalue weighted by Gasteiger charge is -2.14. The Balaban J connectivity index is 1.55. The molecule has 0 aliphatic rings. The number of esters is 1. The fourth-order valence-electron chi connectivity index (χ4n) is 4.52. The molecule has 0 spiro atoms. The molecule has 0 saturated carbocycles. The SMILES string of the molecule is Cc1cccc(C(F)(F)F)c1C(=O)n1nc(-c2ccc(C(=O)OCc3ccccc3)c(C=O)c2)c2ccccc21. The molecule has 0 atom stereocenters. The van der Waals surface area contributed by atoms with Gasteiger partial charge in [-0.15, -0.1) is 0 Å². The zero-order chi connectivity index (χ0) is 28.4. The lowest BCUT2D eigenvalue weighted by atomic mass is 10.0. The maximum atomic E-state index is 13.8. The van der Waals surface area contributed by atoms with Gasteiger partial charge in [-0.2, -0.15) is 23.0 Å². The smallest absolute Gasteiger partial charge is 0.417 e. The summed E-state index contributed by atoms with van der Waals surface area (Å²) in [5, 5.41) is 4.87. The predicted octanol–water partition coefficient (Wildman–Crippen LogP) is 6.89. The van der Waals surface area contributed by atoms with E-state index in [4.69, 9.17) is 4.74 Å². The molecule has 0 unspecified atom stereocenters. The Kier molecular flexibility index (Phi) is 7.04. The van der Waals surface area contributed by atoms with Gasteiger partial charge >= 0.3 is 12.1 Å². The second kappa shape index (κ2) is 10.6. The molecule has 1 heterocycles. The molecule has 0 saturated heterocycles. The van der Waals surface area contributed by atoms with Gasteiger partial charge in [-0.3, -0.25) is 9.59 Å². The van der Waals surface area contributed by atoms with Gasteiger partial charge in [-0.1, -0.05) is 66.7 Å². The van der Waals surface area contributed by atoms with E-state index in [1.807, 2.05) is 18.2 Å². The Morgan fingerprint density at radius 1 is 0.925 bits per heavy atom. The fourth-order valence-corrected chi connectivity index (χ4v) is 4.52. The summed E-state index contributed by atoms with van der Waals surface area (Å²) in [6.45, 7) is 1.46. The molecule has 200 valence electrons. The van der Waals surface area contributed by atoms with Crippen molar-refractivity contribution in [1.29, 1.82) is 0 Å². The number of rotatable bonds is 6. The van der Waals surface area contributed by atoms with Crippen LogP contribution in [0.2, 0.25) is 0 Å². The fraction of sp³-hybridized carbons (Fsp3) is 0.0968. The topological polar surface area (TPSA) is 78.3 Å². The number of aromatic nitrogens is 2. The first kappa shape index (κ1) is 26.6. The summed E-state index contributed by atoms with van der Waals surface area (Å²) >= 11 is 0. The van der Waals surface area contributed by atoms with Crippen molar-refractivity contribution in [2.45, 2.75) is 19.7 Å². The number of fused-ring (bicyclic) bond motifs is 1. The molecule has 0 N–H and O–H groups in total. The summed E-state index contributed by atoms with van der Waals surface area (Å²) in [6.07, 6.45) is -4.23. The predicted molar refractivity (Wildman–Crippen MR) is 142 cm³/mol. The van der Waals surface area contributed by atoms with Gasteiger partial charge in [0, 0.05) is 16.5 Å². The van der Waals surface area contributed by atoms with Crippen LogP contribution in [0.3, 0.4) is 0 Å². The third-order valence-corrected chi connectivity index (χ3v) is 6.46. The van der Waals surface area contributed by atoms with E-state index in [1.54, 1.807) is 42.5 Å². The van der Waals surface area contributed by atoms with Gasteiger partial charge in [-0.25, -0.2) is 4.79 Å². The number of para-hydroxylation sites is 1. The number of carbonyl (C=O) groups is 3. The van der Waals surface area contributed by atoms with Crippen molar-refractivity contribution in [3.05, 3.63) is 124 Å². The number of hydrogen-bond acceptors (Lipinski definition) is 5. The molecule has 40 heavy (non-hydrogen) atoms. The first-order valence-corrected chi connectivity index (χ1v) is 12.2. The Hall–Kier alpha value is -5.05. The maximum Gasteiger partial charge on any atom is 0.417 e. The second-order valence-corrected chi connectivity index (χ2v) is 9.06. The van der Waals surface area contributed by atoms with Gasteiger partial charge in [0.05, 0.1) is 22.2 Å². The van der Waals surface area contributed by atoms with E-state index in [-0.39, 0.29) is 34.5 Å². The number of alkyl halides is 3. The van der Waals surface area contributed by atoms with E-state index >= 15 is 0 Å². The Bertz CT molecular complexity index is 1760. The number of aldehydes is 1.